The van der Waals surface area contributed by atoms with E-state index in [9.17, 15) is 4.79 Å². The molecule has 0 aromatic rings. The van der Waals surface area contributed by atoms with Gasteiger partial charge in [-0.3, -0.25) is 4.79 Å². The molecule has 3 rings (SSSR count). The molecule has 0 spiro atoms. The van der Waals surface area contributed by atoms with Gasteiger partial charge >= 0.3 is 5.97 Å². The first-order chi connectivity index (χ1) is 8.11. The van der Waals surface area contributed by atoms with Crippen LogP contribution in [0.15, 0.2) is 12.2 Å². The minimum absolute atomic E-state index is 0.126. The molecular weight excluding hydrogens is 212 g/mol. The van der Waals surface area contributed by atoms with Gasteiger partial charge in [0.15, 0.2) is 0 Å². The summed E-state index contributed by atoms with van der Waals surface area (Å²) in [5, 5.41) is 0. The number of fused-ring (bicyclic) bond motifs is 2. The molecule has 0 amide bonds. The monoisotopic (exact) mass is 236 g/mol. The van der Waals surface area contributed by atoms with E-state index in [-0.39, 0.29) is 11.6 Å². The molecule has 17 heavy (non-hydrogen) atoms. The lowest BCUT2D eigenvalue weighted by Gasteiger charge is -2.48. The second-order valence-electron chi connectivity index (χ2n) is 5.59. The number of esters is 1. The van der Waals surface area contributed by atoms with Gasteiger partial charge in [-0.05, 0) is 43.9 Å². The molecule has 0 aromatic carbocycles. The average Bonchev–Trinajstić information content (AvgIpc) is 2.37. The molecule has 2 nitrogen and oxygen atoms in total. The van der Waals surface area contributed by atoms with Gasteiger partial charge in [-0.2, -0.15) is 0 Å². The van der Waals surface area contributed by atoms with Gasteiger partial charge in [0.05, 0.1) is 0 Å². The van der Waals surface area contributed by atoms with Crippen molar-refractivity contribution in [3.63, 3.8) is 0 Å². The van der Waals surface area contributed by atoms with Crippen LogP contribution < -0.4 is 0 Å². The molecule has 3 aliphatic rings. The summed E-state index contributed by atoms with van der Waals surface area (Å²) >= 11 is 0. The summed E-state index contributed by atoms with van der Waals surface area (Å²) in [5.74, 6) is 1.75. The standard InChI is InChI=1S/C15H24O2/c1-4-15(5-2,17-11(3)16)14-10-12-6-8-13(14)9-7-12/h6,8,12-14H,4-5,7,9-10H2,1-3H3. The number of hydrogen-bond acceptors (Lipinski definition) is 2. The van der Waals surface area contributed by atoms with Gasteiger partial charge in [-0.15, -0.1) is 0 Å². The fraction of sp³-hybridized carbons (Fsp3) is 0.800. The zero-order chi connectivity index (χ0) is 12.5. The van der Waals surface area contributed by atoms with E-state index in [2.05, 4.69) is 26.0 Å². The van der Waals surface area contributed by atoms with Gasteiger partial charge in [-0.25, -0.2) is 0 Å². The maximum absolute atomic E-state index is 11.4. The zero-order valence-electron chi connectivity index (χ0n) is 11.2. The highest BCUT2D eigenvalue weighted by Crippen LogP contribution is 2.48. The normalized spacial score (nSPS) is 31.6. The van der Waals surface area contributed by atoms with E-state index in [1.807, 2.05) is 0 Å². The largest absolute Gasteiger partial charge is 0.459 e. The third-order valence-electron chi connectivity index (χ3n) is 4.79. The van der Waals surface area contributed by atoms with Gasteiger partial charge in [0, 0.05) is 12.8 Å². The molecule has 0 radical (unpaired) electrons. The average molecular weight is 236 g/mol. The van der Waals surface area contributed by atoms with Gasteiger partial charge in [-0.1, -0.05) is 26.0 Å². The maximum atomic E-state index is 11.4. The minimum atomic E-state index is -0.222. The van der Waals surface area contributed by atoms with Crippen LogP contribution in [-0.4, -0.2) is 11.6 Å². The molecule has 0 aliphatic heterocycles. The summed E-state index contributed by atoms with van der Waals surface area (Å²) in [4.78, 5) is 11.4. The van der Waals surface area contributed by atoms with Crippen LogP contribution in [0.25, 0.3) is 0 Å². The first-order valence-electron chi connectivity index (χ1n) is 6.99. The Hall–Kier alpha value is -0.790. The lowest BCUT2D eigenvalue weighted by Crippen LogP contribution is -2.48. The van der Waals surface area contributed by atoms with Crippen LogP contribution in [0.4, 0.5) is 0 Å². The summed E-state index contributed by atoms with van der Waals surface area (Å²) in [5.41, 5.74) is -0.222. The van der Waals surface area contributed by atoms with Crippen LogP contribution in [-0.2, 0) is 9.53 Å². The van der Waals surface area contributed by atoms with Gasteiger partial charge in [0.2, 0.25) is 0 Å². The number of hydrogen-bond donors (Lipinski definition) is 0. The highest BCUT2D eigenvalue weighted by molar-refractivity contribution is 5.66. The van der Waals surface area contributed by atoms with Crippen molar-refractivity contribution in [2.45, 2.75) is 58.5 Å². The number of carbonyl (C=O) groups is 1. The quantitative estimate of drug-likeness (QED) is 0.549. The van der Waals surface area contributed by atoms with E-state index < -0.39 is 0 Å². The Labute approximate surface area is 104 Å². The predicted octanol–water partition coefficient (Wildman–Crippen LogP) is 3.71. The van der Waals surface area contributed by atoms with Crippen molar-refractivity contribution in [3.8, 4) is 0 Å². The van der Waals surface area contributed by atoms with Gasteiger partial charge in [0.1, 0.15) is 5.60 Å². The number of carbonyl (C=O) groups excluding carboxylic acids is 1. The Bertz CT molecular complexity index is 315. The predicted molar refractivity (Wildman–Crippen MR) is 68.5 cm³/mol. The number of rotatable bonds is 4. The van der Waals surface area contributed by atoms with E-state index in [0.717, 1.165) is 18.8 Å². The fourth-order valence-corrected chi connectivity index (χ4v) is 3.82. The molecule has 2 bridgehead atoms. The zero-order valence-corrected chi connectivity index (χ0v) is 11.2. The molecule has 1 saturated carbocycles. The topological polar surface area (TPSA) is 26.3 Å². The molecule has 0 heterocycles. The summed E-state index contributed by atoms with van der Waals surface area (Å²) in [6, 6.07) is 0. The molecule has 3 atom stereocenters. The van der Waals surface area contributed by atoms with Crippen molar-refractivity contribution >= 4 is 5.97 Å². The van der Waals surface area contributed by atoms with Crippen molar-refractivity contribution in [2.75, 3.05) is 0 Å². The van der Waals surface area contributed by atoms with Crippen LogP contribution in [0, 0.1) is 17.8 Å². The summed E-state index contributed by atoms with van der Waals surface area (Å²) < 4.78 is 5.76. The molecule has 3 aliphatic carbocycles. The molecule has 0 aromatic heterocycles. The number of allylic oxidation sites excluding steroid dienone is 2. The van der Waals surface area contributed by atoms with E-state index in [4.69, 9.17) is 4.74 Å². The second-order valence-corrected chi connectivity index (χ2v) is 5.59. The Morgan fingerprint density at radius 2 is 2.00 bits per heavy atom. The Morgan fingerprint density at radius 1 is 1.29 bits per heavy atom. The van der Waals surface area contributed by atoms with Crippen LogP contribution in [0.2, 0.25) is 0 Å². The van der Waals surface area contributed by atoms with Crippen molar-refractivity contribution in [2.24, 2.45) is 17.8 Å². The highest BCUT2D eigenvalue weighted by atomic mass is 16.6. The smallest absolute Gasteiger partial charge is 0.303 e. The van der Waals surface area contributed by atoms with Crippen LogP contribution >= 0.6 is 0 Å². The van der Waals surface area contributed by atoms with Crippen molar-refractivity contribution < 1.29 is 9.53 Å². The van der Waals surface area contributed by atoms with E-state index in [1.54, 1.807) is 0 Å². The molecule has 1 fully saturated rings. The van der Waals surface area contributed by atoms with Gasteiger partial charge < -0.3 is 4.74 Å². The summed E-state index contributed by atoms with van der Waals surface area (Å²) in [6.45, 7) is 5.84. The molecule has 0 N–H and O–H groups in total. The SMILES string of the molecule is CCC(CC)(OC(C)=O)C1CC2C=CC1CC2. The summed E-state index contributed by atoms with van der Waals surface area (Å²) in [6.07, 6.45) is 10.4. The van der Waals surface area contributed by atoms with Crippen LogP contribution in [0.3, 0.4) is 0 Å². The molecule has 0 saturated heterocycles. The van der Waals surface area contributed by atoms with Crippen molar-refractivity contribution in [1.82, 2.24) is 0 Å². The molecule has 3 unspecified atom stereocenters. The number of ether oxygens (including phenoxy) is 1. The maximum Gasteiger partial charge on any atom is 0.303 e. The van der Waals surface area contributed by atoms with Crippen LogP contribution in [0.5, 0.6) is 0 Å². The van der Waals surface area contributed by atoms with Crippen molar-refractivity contribution in [1.29, 1.82) is 0 Å². The third kappa shape index (κ3) is 2.27. The fourth-order valence-electron chi connectivity index (χ4n) is 3.82. The van der Waals surface area contributed by atoms with E-state index >= 15 is 0 Å². The van der Waals surface area contributed by atoms with E-state index in [1.165, 1.54) is 26.2 Å². The first kappa shape index (κ1) is 12.7. The first-order valence-corrected chi connectivity index (χ1v) is 6.99. The van der Waals surface area contributed by atoms with Crippen molar-refractivity contribution in [3.05, 3.63) is 12.2 Å². The molecule has 96 valence electrons. The van der Waals surface area contributed by atoms with Gasteiger partial charge in [0.25, 0.3) is 0 Å². The summed E-state index contributed by atoms with van der Waals surface area (Å²) in [7, 11) is 0. The third-order valence-corrected chi connectivity index (χ3v) is 4.79. The van der Waals surface area contributed by atoms with Crippen LogP contribution in [0.1, 0.15) is 52.9 Å². The Morgan fingerprint density at radius 3 is 2.35 bits per heavy atom. The minimum Gasteiger partial charge on any atom is -0.459 e. The lowest BCUT2D eigenvalue weighted by molar-refractivity contribution is -0.170. The molecule has 2 heteroatoms. The molecular formula is C15H24O2. The Balaban J connectivity index is 2.21. The second kappa shape index (κ2) is 4.83. The van der Waals surface area contributed by atoms with E-state index in [0.29, 0.717) is 11.8 Å². The Kier molecular flexibility index (Phi) is 3.60. The highest BCUT2D eigenvalue weighted by Gasteiger charge is 2.46. The lowest BCUT2D eigenvalue weighted by atomic mass is 9.61.